The summed E-state index contributed by atoms with van der Waals surface area (Å²) in [6.45, 7) is 1.90. The predicted octanol–water partition coefficient (Wildman–Crippen LogP) is 3.01. The van der Waals surface area contributed by atoms with Crippen molar-refractivity contribution >= 4 is 5.97 Å². The molecule has 0 bridgehead atoms. The molecule has 2 fully saturated rings. The van der Waals surface area contributed by atoms with Gasteiger partial charge in [-0.2, -0.15) is 0 Å². The molecular formula is C20H26O4. The summed E-state index contributed by atoms with van der Waals surface area (Å²) in [7, 11) is 0. The maximum absolute atomic E-state index is 11.3. The molecule has 1 aromatic rings. The van der Waals surface area contributed by atoms with Gasteiger partial charge in [0.05, 0.1) is 12.7 Å². The number of fused-ring (bicyclic) bond motifs is 5. The highest BCUT2D eigenvalue weighted by atomic mass is 16.5. The zero-order valence-corrected chi connectivity index (χ0v) is 14.1. The van der Waals surface area contributed by atoms with Crippen LogP contribution in [0.1, 0.15) is 49.7 Å². The lowest BCUT2D eigenvalue weighted by atomic mass is 9.57. The van der Waals surface area contributed by atoms with Crippen molar-refractivity contribution in [3.05, 3.63) is 29.3 Å². The maximum Gasteiger partial charge on any atom is 0.302 e. The van der Waals surface area contributed by atoms with E-state index in [1.165, 1.54) is 18.1 Å². The SMILES string of the molecule is CC(=O)OC[C@H]1CC2C(CC[C@@H]2O)C2CCc3cc(O)ccc3C21. The summed E-state index contributed by atoms with van der Waals surface area (Å²) < 4.78 is 5.38. The fraction of sp³-hybridized carbons (Fsp3) is 0.650. The number of rotatable bonds is 2. The Morgan fingerprint density at radius 3 is 2.83 bits per heavy atom. The number of aliphatic hydroxyl groups is 1. The van der Waals surface area contributed by atoms with Crippen LogP contribution in [-0.4, -0.2) is 28.9 Å². The third kappa shape index (κ3) is 2.61. The molecule has 4 rings (SSSR count). The monoisotopic (exact) mass is 330 g/mol. The van der Waals surface area contributed by atoms with Gasteiger partial charge in [-0.25, -0.2) is 0 Å². The molecule has 4 unspecified atom stereocenters. The molecule has 0 heterocycles. The standard InChI is InChI=1S/C20H26O4/c1-11(21)24-10-13-9-18-16(6-7-19(18)23)17-4-2-12-8-14(22)3-5-15(12)20(13)17/h3,5,8,13,16-20,22-23H,2,4,6-7,9-10H2,1H3/t13-,16?,17?,18?,19+,20?/m1/s1. The number of ether oxygens (including phenoxy) is 1. The fourth-order valence-electron chi connectivity index (χ4n) is 5.78. The quantitative estimate of drug-likeness (QED) is 0.818. The van der Waals surface area contributed by atoms with Gasteiger partial charge >= 0.3 is 5.97 Å². The van der Waals surface area contributed by atoms with Crippen LogP contribution in [0.2, 0.25) is 0 Å². The molecule has 6 atom stereocenters. The summed E-state index contributed by atoms with van der Waals surface area (Å²) in [6.07, 6.45) is 4.84. The first kappa shape index (κ1) is 15.9. The van der Waals surface area contributed by atoms with Crippen LogP contribution in [0, 0.1) is 23.7 Å². The second-order valence-corrected chi connectivity index (χ2v) is 7.88. The number of phenols is 1. The molecule has 4 heteroatoms. The largest absolute Gasteiger partial charge is 0.508 e. The van der Waals surface area contributed by atoms with Gasteiger partial charge in [0, 0.05) is 12.8 Å². The van der Waals surface area contributed by atoms with Gasteiger partial charge in [0.1, 0.15) is 5.75 Å². The Balaban J connectivity index is 1.69. The Kier molecular flexibility index (Phi) is 4.03. The first-order chi connectivity index (χ1) is 11.5. The molecule has 24 heavy (non-hydrogen) atoms. The molecule has 0 radical (unpaired) electrons. The molecule has 0 amide bonds. The molecule has 130 valence electrons. The zero-order chi connectivity index (χ0) is 16.8. The second-order valence-electron chi connectivity index (χ2n) is 7.88. The summed E-state index contributed by atoms with van der Waals surface area (Å²) in [5.74, 6) is 2.22. The van der Waals surface area contributed by atoms with Crippen LogP contribution in [0.15, 0.2) is 18.2 Å². The Bertz CT molecular complexity index is 641. The molecule has 0 spiro atoms. The smallest absolute Gasteiger partial charge is 0.302 e. The number of carbonyl (C=O) groups is 1. The first-order valence-electron chi connectivity index (χ1n) is 9.18. The Morgan fingerprint density at radius 1 is 1.21 bits per heavy atom. The summed E-state index contributed by atoms with van der Waals surface area (Å²) in [4.78, 5) is 11.3. The maximum atomic E-state index is 11.3. The topological polar surface area (TPSA) is 66.8 Å². The van der Waals surface area contributed by atoms with Crippen molar-refractivity contribution in [1.29, 1.82) is 0 Å². The number of benzene rings is 1. The number of aromatic hydroxyl groups is 1. The highest BCUT2D eigenvalue weighted by Gasteiger charge is 2.51. The van der Waals surface area contributed by atoms with Gasteiger partial charge in [-0.05, 0) is 79.0 Å². The number of hydrogen-bond donors (Lipinski definition) is 2. The molecular weight excluding hydrogens is 304 g/mol. The summed E-state index contributed by atoms with van der Waals surface area (Å²) in [5.41, 5.74) is 2.56. The third-order valence-electron chi connectivity index (χ3n) is 6.67. The van der Waals surface area contributed by atoms with E-state index >= 15 is 0 Å². The van der Waals surface area contributed by atoms with Gasteiger partial charge < -0.3 is 14.9 Å². The average molecular weight is 330 g/mol. The molecule has 3 aliphatic carbocycles. The van der Waals surface area contributed by atoms with Crippen molar-refractivity contribution in [2.24, 2.45) is 23.7 Å². The van der Waals surface area contributed by atoms with E-state index in [9.17, 15) is 15.0 Å². The van der Waals surface area contributed by atoms with E-state index in [1.54, 1.807) is 6.07 Å². The van der Waals surface area contributed by atoms with Crippen molar-refractivity contribution in [2.75, 3.05) is 6.61 Å². The van der Waals surface area contributed by atoms with Crippen LogP contribution in [0.5, 0.6) is 5.75 Å². The molecule has 0 aromatic heterocycles. The Labute approximate surface area is 142 Å². The highest BCUT2D eigenvalue weighted by molar-refractivity contribution is 5.65. The molecule has 3 aliphatic rings. The minimum atomic E-state index is -0.234. The minimum absolute atomic E-state index is 0.197. The summed E-state index contributed by atoms with van der Waals surface area (Å²) in [6, 6.07) is 5.73. The van der Waals surface area contributed by atoms with Crippen molar-refractivity contribution in [1.82, 2.24) is 0 Å². The number of esters is 1. The van der Waals surface area contributed by atoms with Crippen molar-refractivity contribution in [3.8, 4) is 5.75 Å². The minimum Gasteiger partial charge on any atom is -0.508 e. The molecule has 2 N–H and O–H groups in total. The van der Waals surface area contributed by atoms with Gasteiger partial charge in [-0.3, -0.25) is 4.79 Å². The number of phenolic OH excluding ortho intramolecular Hbond substituents is 1. The molecule has 2 saturated carbocycles. The van der Waals surface area contributed by atoms with Gasteiger partial charge in [0.25, 0.3) is 0 Å². The van der Waals surface area contributed by atoms with E-state index in [-0.39, 0.29) is 18.0 Å². The highest BCUT2D eigenvalue weighted by Crippen LogP contribution is 2.57. The van der Waals surface area contributed by atoms with Crippen LogP contribution >= 0.6 is 0 Å². The Hall–Kier alpha value is -1.55. The van der Waals surface area contributed by atoms with Crippen LogP contribution in [0.25, 0.3) is 0 Å². The van der Waals surface area contributed by atoms with Gasteiger partial charge in [0.2, 0.25) is 0 Å². The van der Waals surface area contributed by atoms with E-state index in [0.29, 0.717) is 36.0 Å². The predicted molar refractivity (Wildman–Crippen MR) is 89.6 cm³/mol. The number of carbonyl (C=O) groups excluding carboxylic acids is 1. The number of aryl methyl sites for hydroxylation is 1. The van der Waals surface area contributed by atoms with E-state index in [4.69, 9.17) is 4.74 Å². The third-order valence-corrected chi connectivity index (χ3v) is 6.67. The lowest BCUT2D eigenvalue weighted by Gasteiger charge is -2.48. The normalized spacial score (nSPS) is 37.2. The van der Waals surface area contributed by atoms with Crippen LogP contribution in [0.3, 0.4) is 0 Å². The van der Waals surface area contributed by atoms with Crippen molar-refractivity contribution in [2.45, 2.75) is 51.0 Å². The van der Waals surface area contributed by atoms with Gasteiger partial charge in [-0.1, -0.05) is 6.07 Å². The lowest BCUT2D eigenvalue weighted by Crippen LogP contribution is -2.43. The van der Waals surface area contributed by atoms with E-state index in [0.717, 1.165) is 32.1 Å². The van der Waals surface area contributed by atoms with E-state index < -0.39 is 0 Å². The lowest BCUT2D eigenvalue weighted by molar-refractivity contribution is -0.144. The first-order valence-corrected chi connectivity index (χ1v) is 9.18. The molecule has 0 aliphatic heterocycles. The average Bonchev–Trinajstić information content (AvgIpc) is 2.93. The molecule has 4 nitrogen and oxygen atoms in total. The van der Waals surface area contributed by atoms with Crippen molar-refractivity contribution in [3.63, 3.8) is 0 Å². The van der Waals surface area contributed by atoms with Crippen LogP contribution in [0.4, 0.5) is 0 Å². The fourth-order valence-corrected chi connectivity index (χ4v) is 5.78. The summed E-state index contributed by atoms with van der Waals surface area (Å²) >= 11 is 0. The van der Waals surface area contributed by atoms with Gasteiger partial charge in [0.15, 0.2) is 0 Å². The number of aliphatic hydroxyl groups excluding tert-OH is 1. The summed E-state index contributed by atoms with van der Waals surface area (Å²) in [5, 5.41) is 20.2. The van der Waals surface area contributed by atoms with Crippen LogP contribution < -0.4 is 0 Å². The van der Waals surface area contributed by atoms with Crippen LogP contribution in [-0.2, 0) is 16.0 Å². The van der Waals surface area contributed by atoms with Crippen molar-refractivity contribution < 1.29 is 19.7 Å². The van der Waals surface area contributed by atoms with E-state index in [2.05, 4.69) is 6.07 Å². The zero-order valence-electron chi connectivity index (χ0n) is 14.1. The number of hydrogen-bond acceptors (Lipinski definition) is 4. The second kappa shape index (κ2) is 6.07. The van der Waals surface area contributed by atoms with E-state index in [1.807, 2.05) is 6.07 Å². The van der Waals surface area contributed by atoms with Gasteiger partial charge in [-0.15, -0.1) is 0 Å². The molecule has 1 aromatic carbocycles. The Morgan fingerprint density at radius 2 is 2.04 bits per heavy atom. The molecule has 0 saturated heterocycles.